The molecule has 0 fully saturated rings. The molecule has 0 aliphatic heterocycles. The van der Waals surface area contributed by atoms with Crippen molar-refractivity contribution in [3.05, 3.63) is 29.8 Å². The van der Waals surface area contributed by atoms with Gasteiger partial charge < -0.3 is 47.8 Å². The Morgan fingerprint density at radius 1 is 0.737 bits per heavy atom. The normalized spacial score (nSPS) is 13.7. The monoisotopic (exact) mass is 539 g/mol. The number of hydrogen-bond donors (Lipinski definition) is 9. The minimum absolute atomic E-state index is 0.102. The molecule has 0 spiro atoms. The van der Waals surface area contributed by atoms with E-state index in [-0.39, 0.29) is 18.6 Å². The largest absolute Gasteiger partial charge is 0.508 e. The van der Waals surface area contributed by atoms with Crippen LogP contribution in [0.25, 0.3) is 0 Å². The summed E-state index contributed by atoms with van der Waals surface area (Å²) in [4.78, 5) is 82.7. The van der Waals surface area contributed by atoms with Crippen molar-refractivity contribution in [3.8, 4) is 5.75 Å². The number of primary amides is 1. The number of nitrogens with two attached hydrogens (primary N) is 2. The highest BCUT2D eigenvalue weighted by Gasteiger charge is 2.32. The summed E-state index contributed by atoms with van der Waals surface area (Å²) < 4.78 is 0. The molecule has 16 nitrogen and oxygen atoms in total. The number of carboxylic acid groups (broad SMARTS) is 3. The van der Waals surface area contributed by atoms with Crippen LogP contribution in [-0.4, -0.2) is 86.1 Å². The maximum absolute atomic E-state index is 13.0. The van der Waals surface area contributed by atoms with E-state index in [1.807, 2.05) is 5.32 Å². The number of benzene rings is 1. The Labute approximate surface area is 215 Å². The van der Waals surface area contributed by atoms with Crippen LogP contribution in [0.15, 0.2) is 24.3 Å². The molecule has 1 rings (SSSR count). The minimum Gasteiger partial charge on any atom is -0.508 e. The van der Waals surface area contributed by atoms with Gasteiger partial charge in [-0.25, -0.2) is 4.79 Å². The van der Waals surface area contributed by atoms with Gasteiger partial charge in [0.2, 0.25) is 23.6 Å². The van der Waals surface area contributed by atoms with Gasteiger partial charge in [0.25, 0.3) is 0 Å². The predicted molar refractivity (Wildman–Crippen MR) is 126 cm³/mol. The van der Waals surface area contributed by atoms with Crippen LogP contribution in [-0.2, 0) is 40.0 Å². The lowest BCUT2D eigenvalue weighted by Crippen LogP contribution is -2.58. The van der Waals surface area contributed by atoms with Crippen molar-refractivity contribution in [1.29, 1.82) is 0 Å². The van der Waals surface area contributed by atoms with Crippen molar-refractivity contribution < 1.29 is 54.0 Å². The van der Waals surface area contributed by atoms with Crippen LogP contribution in [0.4, 0.5) is 0 Å². The number of amides is 4. The molecule has 1 aromatic carbocycles. The van der Waals surface area contributed by atoms with Crippen LogP contribution in [0, 0.1) is 0 Å². The molecule has 0 aromatic heterocycles. The van der Waals surface area contributed by atoms with Crippen LogP contribution in [0.5, 0.6) is 5.75 Å². The first kappa shape index (κ1) is 31.3. The minimum atomic E-state index is -1.84. The molecule has 208 valence electrons. The summed E-state index contributed by atoms with van der Waals surface area (Å²) in [6.07, 6.45) is -2.69. The first-order valence-electron chi connectivity index (χ1n) is 11.1. The summed E-state index contributed by atoms with van der Waals surface area (Å²) in [6.45, 7) is 0. The van der Waals surface area contributed by atoms with Crippen molar-refractivity contribution in [2.24, 2.45) is 11.5 Å². The summed E-state index contributed by atoms with van der Waals surface area (Å²) >= 11 is 0. The zero-order chi connectivity index (χ0) is 29.0. The highest BCUT2D eigenvalue weighted by Crippen LogP contribution is 2.12. The van der Waals surface area contributed by atoms with Gasteiger partial charge in [-0.05, 0) is 24.1 Å². The average Bonchev–Trinajstić information content (AvgIpc) is 2.81. The molecule has 0 saturated heterocycles. The van der Waals surface area contributed by atoms with E-state index < -0.39 is 85.0 Å². The van der Waals surface area contributed by atoms with Gasteiger partial charge in [-0.15, -0.1) is 0 Å². The lowest BCUT2D eigenvalue weighted by Gasteiger charge is -2.24. The Morgan fingerprint density at radius 3 is 1.76 bits per heavy atom. The van der Waals surface area contributed by atoms with E-state index in [0.29, 0.717) is 5.56 Å². The van der Waals surface area contributed by atoms with E-state index in [9.17, 15) is 43.8 Å². The fraction of sp³-hybridized carbons (Fsp3) is 0.409. The molecule has 38 heavy (non-hydrogen) atoms. The van der Waals surface area contributed by atoms with E-state index >= 15 is 0 Å². The highest BCUT2D eigenvalue weighted by atomic mass is 16.4. The molecule has 16 heteroatoms. The van der Waals surface area contributed by atoms with E-state index in [1.165, 1.54) is 24.3 Å². The molecular formula is C22H29N5O11. The van der Waals surface area contributed by atoms with E-state index in [4.69, 9.17) is 21.7 Å². The second-order valence-electron chi connectivity index (χ2n) is 8.20. The maximum atomic E-state index is 13.0. The molecule has 0 saturated carbocycles. The van der Waals surface area contributed by atoms with Gasteiger partial charge in [-0.3, -0.25) is 28.8 Å². The number of carboxylic acids is 3. The third kappa shape index (κ3) is 11.3. The van der Waals surface area contributed by atoms with Crippen LogP contribution < -0.4 is 27.4 Å². The molecule has 4 unspecified atom stereocenters. The molecule has 0 radical (unpaired) electrons. The Hall–Kier alpha value is -4.73. The summed E-state index contributed by atoms with van der Waals surface area (Å²) in [6, 6.07) is -0.993. The van der Waals surface area contributed by atoms with Crippen LogP contribution in [0.1, 0.15) is 31.2 Å². The number of aromatic hydroxyl groups is 1. The van der Waals surface area contributed by atoms with Gasteiger partial charge in [0.15, 0.2) is 0 Å². The Balaban J connectivity index is 3.16. The Kier molecular flexibility index (Phi) is 12.1. The standard InChI is InChI=1S/C22H29N5O11/c23-12(5-6-17(30)31)19(34)25-14(8-16(24)29)21(36)26-13(7-10-1-3-11(28)4-2-10)20(35)27-15(22(37)38)9-18(32)33/h1-4,12-15,28H,5-9,23H2,(H2,24,29)(H,25,34)(H,26,36)(H,27,35)(H,30,31)(H,32,33)(H,37,38). The fourth-order valence-corrected chi connectivity index (χ4v) is 3.10. The quantitative estimate of drug-likeness (QED) is 0.102. The number of hydrogen-bond acceptors (Lipinski definition) is 9. The van der Waals surface area contributed by atoms with Crippen molar-refractivity contribution in [1.82, 2.24) is 16.0 Å². The van der Waals surface area contributed by atoms with Crippen LogP contribution >= 0.6 is 0 Å². The third-order valence-corrected chi connectivity index (χ3v) is 5.05. The Bertz CT molecular complexity index is 1060. The third-order valence-electron chi connectivity index (χ3n) is 5.05. The number of carbonyl (C=O) groups excluding carboxylic acids is 4. The molecule has 0 bridgehead atoms. The molecular weight excluding hydrogens is 510 g/mol. The topological polar surface area (TPSA) is 289 Å². The fourth-order valence-electron chi connectivity index (χ4n) is 3.10. The first-order valence-corrected chi connectivity index (χ1v) is 11.1. The van der Waals surface area contributed by atoms with Gasteiger partial charge in [0.05, 0.1) is 18.9 Å². The molecule has 0 aliphatic rings. The molecule has 0 aliphatic carbocycles. The molecule has 0 heterocycles. The second-order valence-corrected chi connectivity index (χ2v) is 8.20. The second kappa shape index (κ2) is 14.7. The summed E-state index contributed by atoms with van der Waals surface area (Å²) in [7, 11) is 0. The van der Waals surface area contributed by atoms with Gasteiger partial charge in [-0.2, -0.15) is 0 Å². The lowest BCUT2D eigenvalue weighted by atomic mass is 10.0. The summed E-state index contributed by atoms with van der Waals surface area (Å²) in [5, 5.41) is 42.8. The number of rotatable bonds is 16. The van der Waals surface area contributed by atoms with Crippen LogP contribution in [0.2, 0.25) is 0 Å². The number of phenols is 1. The zero-order valence-electron chi connectivity index (χ0n) is 20.0. The molecule has 11 N–H and O–H groups in total. The number of carbonyl (C=O) groups is 7. The number of phenolic OH excluding ortho intramolecular Hbond substituents is 1. The lowest BCUT2D eigenvalue weighted by molar-refractivity contribution is -0.147. The predicted octanol–water partition coefficient (Wildman–Crippen LogP) is -2.98. The maximum Gasteiger partial charge on any atom is 0.326 e. The van der Waals surface area contributed by atoms with E-state index in [2.05, 4.69) is 10.6 Å². The van der Waals surface area contributed by atoms with Crippen molar-refractivity contribution in [2.75, 3.05) is 0 Å². The summed E-state index contributed by atoms with van der Waals surface area (Å²) in [5.74, 6) is -8.66. The van der Waals surface area contributed by atoms with Gasteiger partial charge in [0.1, 0.15) is 23.9 Å². The smallest absolute Gasteiger partial charge is 0.326 e. The number of nitrogens with one attached hydrogen (secondary N) is 3. The summed E-state index contributed by atoms with van der Waals surface area (Å²) in [5.41, 5.74) is 11.2. The average molecular weight is 539 g/mol. The van der Waals surface area contributed by atoms with Crippen molar-refractivity contribution >= 4 is 41.5 Å². The van der Waals surface area contributed by atoms with E-state index in [1.54, 1.807) is 0 Å². The zero-order valence-corrected chi connectivity index (χ0v) is 20.0. The Morgan fingerprint density at radius 2 is 1.26 bits per heavy atom. The van der Waals surface area contributed by atoms with Gasteiger partial charge in [0, 0.05) is 12.8 Å². The molecule has 4 atom stereocenters. The van der Waals surface area contributed by atoms with Crippen LogP contribution in [0.3, 0.4) is 0 Å². The first-order chi connectivity index (χ1) is 17.7. The van der Waals surface area contributed by atoms with Gasteiger partial charge >= 0.3 is 17.9 Å². The van der Waals surface area contributed by atoms with E-state index in [0.717, 1.165) is 0 Å². The SMILES string of the molecule is NC(=O)CC(NC(=O)C(N)CCC(=O)O)C(=O)NC(Cc1ccc(O)cc1)C(=O)NC(CC(=O)O)C(=O)O. The van der Waals surface area contributed by atoms with Gasteiger partial charge in [-0.1, -0.05) is 12.1 Å². The highest BCUT2D eigenvalue weighted by molar-refractivity contribution is 5.96. The van der Waals surface area contributed by atoms with Crippen molar-refractivity contribution in [2.45, 2.75) is 56.3 Å². The van der Waals surface area contributed by atoms with Crippen molar-refractivity contribution in [3.63, 3.8) is 0 Å². The number of aliphatic carboxylic acids is 3. The molecule has 1 aromatic rings. The molecule has 4 amide bonds.